The Labute approximate surface area is 335 Å². The van der Waals surface area contributed by atoms with Gasteiger partial charge in [0.2, 0.25) is 0 Å². The Morgan fingerprint density at radius 1 is 0.545 bits per heavy atom. The number of esters is 2. The summed E-state index contributed by atoms with van der Waals surface area (Å²) < 4.78 is 17.2. The van der Waals surface area contributed by atoms with E-state index in [1.165, 1.54) is 0 Å². The lowest BCUT2D eigenvalue weighted by Gasteiger charge is -2.31. The number of unbranched alkanes of at least 4 members (excludes halogenated alkanes) is 8. The Hall–Kier alpha value is -3.49. The van der Waals surface area contributed by atoms with Gasteiger partial charge in [0.1, 0.15) is 6.61 Å². The van der Waals surface area contributed by atoms with Gasteiger partial charge in [-0.15, -0.1) is 0 Å². The molecule has 0 radical (unpaired) electrons. The van der Waals surface area contributed by atoms with Crippen LogP contribution in [0.4, 0.5) is 0 Å². The molecule has 0 aromatic carbocycles. The molecule has 312 valence electrons. The average molecular weight is 769 g/mol. The number of carbonyl (C=O) groups is 3. The number of hydrogen-bond donors (Lipinski definition) is 1. The van der Waals surface area contributed by atoms with Crippen LogP contribution >= 0.6 is 0 Å². The summed E-state index contributed by atoms with van der Waals surface area (Å²) in [7, 11) is 5.49. The normalized spacial score (nSPS) is 13.8. The van der Waals surface area contributed by atoms with E-state index in [4.69, 9.17) is 14.2 Å². The summed E-state index contributed by atoms with van der Waals surface area (Å²) in [4.78, 5) is 36.9. The van der Waals surface area contributed by atoms with Crippen LogP contribution < -0.4 is 0 Å². The van der Waals surface area contributed by atoms with E-state index in [1.807, 2.05) is 21.1 Å². The predicted molar refractivity (Wildman–Crippen MR) is 229 cm³/mol. The molecule has 0 amide bonds. The lowest BCUT2D eigenvalue weighted by Crippen LogP contribution is -2.50. The standard InChI is InChI=1S/C47H77NO7/c1-6-8-10-12-14-16-18-20-21-22-23-24-25-26-28-30-32-34-36-38-46(50)55-43(41-53-40-39-44(47(51)52)48(3,4)5)42-54-45(49)37-35-33-31-29-27-19-17-15-13-11-9-7-2/h8-11,14-17,20-21,23-24,26,28,43-44H,6-7,12-13,18-19,22,25,27,29-42H2,1-5H3/p+1/b10-8+,11-9+,16-14+,17-15+,21-20+,24-23+,28-26+. The number of aliphatic carboxylic acids is 1. The first-order valence-corrected chi connectivity index (χ1v) is 21.1. The molecular weight excluding hydrogens is 691 g/mol. The molecule has 0 saturated carbocycles. The molecule has 0 aliphatic heterocycles. The molecular formula is C47H78NO7+. The molecule has 0 saturated heterocycles. The summed E-state index contributed by atoms with van der Waals surface area (Å²) in [5.74, 6) is -1.54. The topological polar surface area (TPSA) is 99.1 Å². The summed E-state index contributed by atoms with van der Waals surface area (Å²) in [6.07, 6.45) is 47.7. The van der Waals surface area contributed by atoms with Crippen LogP contribution in [0, 0.1) is 0 Å². The average Bonchev–Trinajstić information content (AvgIpc) is 3.14. The van der Waals surface area contributed by atoms with E-state index >= 15 is 0 Å². The van der Waals surface area contributed by atoms with Crippen LogP contribution in [-0.2, 0) is 28.6 Å². The van der Waals surface area contributed by atoms with Crippen molar-refractivity contribution in [3.05, 3.63) is 85.1 Å². The Kier molecular flexibility index (Phi) is 35.1. The molecule has 0 rings (SSSR count). The number of carboxylic acids is 1. The molecule has 8 nitrogen and oxygen atoms in total. The van der Waals surface area contributed by atoms with E-state index in [0.29, 0.717) is 19.3 Å². The van der Waals surface area contributed by atoms with Crippen molar-refractivity contribution in [2.75, 3.05) is 41.0 Å². The number of rotatable bonds is 36. The molecule has 8 heteroatoms. The van der Waals surface area contributed by atoms with Gasteiger partial charge in [-0.25, -0.2) is 4.79 Å². The minimum absolute atomic E-state index is 0.0376. The van der Waals surface area contributed by atoms with Crippen molar-refractivity contribution in [2.24, 2.45) is 0 Å². The molecule has 1 N–H and O–H groups in total. The number of carbonyl (C=O) groups excluding carboxylic acids is 2. The third-order valence-corrected chi connectivity index (χ3v) is 8.79. The number of ether oxygens (including phenoxy) is 3. The smallest absolute Gasteiger partial charge is 0.362 e. The minimum Gasteiger partial charge on any atom is -0.477 e. The zero-order chi connectivity index (χ0) is 40.7. The Bertz CT molecular complexity index is 1170. The highest BCUT2D eigenvalue weighted by Crippen LogP contribution is 2.12. The third kappa shape index (κ3) is 35.9. The van der Waals surface area contributed by atoms with Gasteiger partial charge in [0.05, 0.1) is 34.4 Å². The molecule has 55 heavy (non-hydrogen) atoms. The summed E-state index contributed by atoms with van der Waals surface area (Å²) in [5.41, 5.74) is 0. The summed E-state index contributed by atoms with van der Waals surface area (Å²) in [6, 6.07) is -0.627. The Balaban J connectivity index is 4.46. The van der Waals surface area contributed by atoms with E-state index in [-0.39, 0.29) is 42.7 Å². The van der Waals surface area contributed by atoms with Crippen LogP contribution in [0.3, 0.4) is 0 Å². The van der Waals surface area contributed by atoms with Crippen LogP contribution in [0.25, 0.3) is 0 Å². The number of hydrogen-bond acceptors (Lipinski definition) is 6. The summed E-state index contributed by atoms with van der Waals surface area (Å²) in [5, 5.41) is 9.61. The van der Waals surface area contributed by atoms with Crippen LogP contribution in [0.5, 0.6) is 0 Å². The SMILES string of the molecule is CC/C=C/C/C=C/C/C=C/C/C=C/C/C=C/CCCCCC(=O)OC(COCCC(C(=O)O)[N+](C)(C)C)COC(=O)CCCCCCC/C=C/C/C=C/CC. The fourth-order valence-electron chi connectivity index (χ4n) is 5.57. The van der Waals surface area contributed by atoms with Crippen molar-refractivity contribution in [1.29, 1.82) is 0 Å². The van der Waals surface area contributed by atoms with E-state index in [1.54, 1.807) is 0 Å². The monoisotopic (exact) mass is 769 g/mol. The second-order valence-electron chi connectivity index (χ2n) is 14.8. The molecule has 0 fully saturated rings. The van der Waals surface area contributed by atoms with Crippen molar-refractivity contribution in [3.63, 3.8) is 0 Å². The van der Waals surface area contributed by atoms with Gasteiger partial charge in [-0.1, -0.05) is 125 Å². The van der Waals surface area contributed by atoms with Gasteiger partial charge in [-0.3, -0.25) is 9.59 Å². The van der Waals surface area contributed by atoms with Gasteiger partial charge < -0.3 is 23.8 Å². The van der Waals surface area contributed by atoms with Gasteiger partial charge >= 0.3 is 17.9 Å². The first-order valence-electron chi connectivity index (χ1n) is 21.1. The highest BCUT2D eigenvalue weighted by molar-refractivity contribution is 5.72. The van der Waals surface area contributed by atoms with Crippen molar-refractivity contribution in [3.8, 4) is 0 Å². The fraction of sp³-hybridized carbons (Fsp3) is 0.638. The van der Waals surface area contributed by atoms with Crippen molar-refractivity contribution >= 4 is 17.9 Å². The quantitative estimate of drug-likeness (QED) is 0.0293. The second kappa shape index (κ2) is 37.4. The van der Waals surface area contributed by atoms with Crippen LogP contribution in [0.1, 0.15) is 142 Å². The molecule has 0 aromatic heterocycles. The maximum atomic E-state index is 12.7. The van der Waals surface area contributed by atoms with Gasteiger partial charge in [-0.05, 0) is 83.5 Å². The van der Waals surface area contributed by atoms with Gasteiger partial charge in [0, 0.05) is 19.3 Å². The van der Waals surface area contributed by atoms with Crippen LogP contribution in [0.2, 0.25) is 0 Å². The van der Waals surface area contributed by atoms with Crippen LogP contribution in [-0.4, -0.2) is 80.6 Å². The number of allylic oxidation sites excluding steroid dienone is 14. The molecule has 0 aromatic rings. The van der Waals surface area contributed by atoms with Crippen LogP contribution in [0.15, 0.2) is 85.1 Å². The van der Waals surface area contributed by atoms with Gasteiger partial charge in [0.25, 0.3) is 0 Å². The van der Waals surface area contributed by atoms with Crippen molar-refractivity contribution in [2.45, 2.75) is 154 Å². The highest BCUT2D eigenvalue weighted by atomic mass is 16.6. The number of quaternary nitrogens is 1. The molecule has 0 bridgehead atoms. The summed E-state index contributed by atoms with van der Waals surface area (Å²) >= 11 is 0. The third-order valence-electron chi connectivity index (χ3n) is 8.79. The fourth-order valence-corrected chi connectivity index (χ4v) is 5.57. The molecule has 0 aliphatic carbocycles. The van der Waals surface area contributed by atoms with Crippen molar-refractivity contribution in [1.82, 2.24) is 0 Å². The molecule has 2 atom stereocenters. The summed E-state index contributed by atoms with van der Waals surface area (Å²) in [6.45, 7) is 4.43. The highest BCUT2D eigenvalue weighted by Gasteiger charge is 2.31. The van der Waals surface area contributed by atoms with Gasteiger partial charge in [0.15, 0.2) is 12.1 Å². The van der Waals surface area contributed by atoms with E-state index in [0.717, 1.165) is 103 Å². The molecule has 2 unspecified atom stereocenters. The first-order chi connectivity index (χ1) is 26.6. The molecule has 0 spiro atoms. The number of nitrogens with zero attached hydrogens (tertiary/aromatic N) is 1. The number of likely N-dealkylation sites (N-methyl/N-ethyl adjacent to an activating group) is 1. The lowest BCUT2D eigenvalue weighted by atomic mass is 10.1. The predicted octanol–water partition coefficient (Wildman–Crippen LogP) is 11.4. The minimum atomic E-state index is -0.887. The number of carboxylic acid groups (broad SMARTS) is 1. The van der Waals surface area contributed by atoms with Gasteiger partial charge in [-0.2, -0.15) is 0 Å². The van der Waals surface area contributed by atoms with Crippen molar-refractivity contribution < 1.29 is 38.2 Å². The van der Waals surface area contributed by atoms with E-state index in [9.17, 15) is 19.5 Å². The second-order valence-corrected chi connectivity index (χ2v) is 14.8. The largest absolute Gasteiger partial charge is 0.477 e. The van der Waals surface area contributed by atoms with E-state index < -0.39 is 18.1 Å². The lowest BCUT2D eigenvalue weighted by molar-refractivity contribution is -0.887. The Morgan fingerprint density at radius 3 is 1.44 bits per heavy atom. The maximum absolute atomic E-state index is 12.7. The zero-order valence-electron chi connectivity index (χ0n) is 35.3. The Morgan fingerprint density at radius 2 is 0.964 bits per heavy atom. The zero-order valence-corrected chi connectivity index (χ0v) is 35.3. The molecule has 0 aliphatic rings. The maximum Gasteiger partial charge on any atom is 0.362 e. The first kappa shape index (κ1) is 51.5. The van der Waals surface area contributed by atoms with E-state index in [2.05, 4.69) is 98.9 Å². The molecule has 0 heterocycles.